The Morgan fingerprint density at radius 1 is 0.925 bits per heavy atom. The Morgan fingerprint density at radius 2 is 1.43 bits per heavy atom. The number of halogens is 1. The van der Waals surface area contributed by atoms with Crippen molar-refractivity contribution in [3.8, 4) is 6.19 Å². The summed E-state index contributed by atoms with van der Waals surface area (Å²) in [4.78, 5) is 30.1. The van der Waals surface area contributed by atoms with E-state index in [2.05, 4.69) is 46.6 Å². The number of thioether (sulfide) groups is 1. The number of nitriles is 1. The molecule has 0 fully saturated rings. The second-order valence-electron chi connectivity index (χ2n) is 8.35. The van der Waals surface area contributed by atoms with Crippen molar-refractivity contribution in [2.24, 2.45) is 4.36 Å². The first kappa shape index (κ1) is 35.2. The fourth-order valence-electron chi connectivity index (χ4n) is 2.74. The van der Waals surface area contributed by atoms with Crippen LogP contribution in [0.25, 0.3) is 0 Å². The molecule has 11 heteroatoms. The van der Waals surface area contributed by atoms with Crippen LogP contribution in [-0.4, -0.2) is 34.4 Å². The van der Waals surface area contributed by atoms with Gasteiger partial charge in [-0.25, -0.2) is 0 Å². The molecule has 0 aliphatic heterocycles. The molecule has 3 aromatic rings. The topological polar surface area (TPSA) is 115 Å². The fraction of sp³-hybridized carbons (Fsp3) is 0.345. The van der Waals surface area contributed by atoms with Crippen LogP contribution < -0.4 is 0 Å². The summed E-state index contributed by atoms with van der Waals surface area (Å²) in [7, 11) is -0.248. The zero-order valence-corrected chi connectivity index (χ0v) is 27.9. The smallest absolute Gasteiger partial charge is 0.212 e. The monoisotopic (exact) mass is 696 g/mol. The van der Waals surface area contributed by atoms with E-state index >= 15 is 0 Å². The van der Waals surface area contributed by atoms with Crippen LogP contribution in [-0.2, 0) is 26.4 Å². The van der Waals surface area contributed by atoms with Gasteiger partial charge >= 0.3 is 96.1 Å². The summed E-state index contributed by atoms with van der Waals surface area (Å²) in [6.07, 6.45) is 9.74. The second-order valence-corrected chi connectivity index (χ2v) is 14.8. The molecule has 1 aromatic carbocycles. The van der Waals surface area contributed by atoms with Crippen LogP contribution in [0, 0.1) is 28.9 Å². The SMILES string of the molecule is CC(=O)OI(OC(C)=O)c1ccccc1.CSC(C)c1ccc(C)nc1.Cc1ccc(C(C)S(C)=NC#N)cn1. The Morgan fingerprint density at radius 3 is 1.82 bits per heavy atom. The molecule has 3 atom stereocenters. The minimum Gasteiger partial charge on any atom is -0.261 e. The third kappa shape index (κ3) is 14.0. The molecule has 0 saturated carbocycles. The first-order chi connectivity index (χ1) is 19.0. The van der Waals surface area contributed by atoms with Gasteiger partial charge in [-0.15, -0.1) is 0 Å². The summed E-state index contributed by atoms with van der Waals surface area (Å²) in [6.45, 7) is 10.8. The van der Waals surface area contributed by atoms with Gasteiger partial charge in [0.25, 0.3) is 0 Å². The van der Waals surface area contributed by atoms with E-state index in [0.717, 1.165) is 20.5 Å². The second kappa shape index (κ2) is 19.3. The van der Waals surface area contributed by atoms with Gasteiger partial charge in [0.1, 0.15) is 0 Å². The predicted molar refractivity (Wildman–Crippen MR) is 172 cm³/mol. The van der Waals surface area contributed by atoms with Crippen LogP contribution in [0.15, 0.2) is 71.4 Å². The third-order valence-electron chi connectivity index (χ3n) is 5.13. The standard InChI is InChI=1S/C10H11IO4.C10H13N3S.C9H13NS/c1-8(12)14-11(15-9(2)13)10-6-4-3-5-7-10;1-8-4-5-10(6-12-8)9(2)14(3)13-7-11;1-7-4-5-9(6-10-7)8(2)11-3/h3-7H,1-2H3;4-6,9H,1-3H3;4-6,8H,1-3H3. The van der Waals surface area contributed by atoms with E-state index in [-0.39, 0.29) is 15.9 Å². The summed E-state index contributed by atoms with van der Waals surface area (Å²) in [5, 5.41) is 9.28. The molecule has 3 rings (SSSR count). The van der Waals surface area contributed by atoms with Gasteiger partial charge in [-0.2, -0.15) is 21.4 Å². The van der Waals surface area contributed by atoms with Crippen molar-refractivity contribution in [2.45, 2.75) is 52.0 Å². The molecule has 0 saturated heterocycles. The number of benzene rings is 1. The summed E-state index contributed by atoms with van der Waals surface area (Å²) in [5.74, 6) is -0.851. The van der Waals surface area contributed by atoms with Crippen molar-refractivity contribution in [1.29, 1.82) is 5.26 Å². The molecule has 0 radical (unpaired) electrons. The maximum Gasteiger partial charge on any atom is 0.212 e. The van der Waals surface area contributed by atoms with Gasteiger partial charge < -0.3 is 0 Å². The average molecular weight is 697 g/mol. The fourth-order valence-corrected chi connectivity index (χ4v) is 6.69. The first-order valence-corrected chi connectivity index (χ1v) is 18.0. The van der Waals surface area contributed by atoms with Crippen molar-refractivity contribution in [2.75, 3.05) is 12.5 Å². The summed E-state index contributed by atoms with van der Waals surface area (Å²) in [6, 6.07) is 17.3. The number of nitrogens with zero attached hydrogens (tertiary/aromatic N) is 4. The molecule has 0 bridgehead atoms. The molecule has 2 heterocycles. The van der Waals surface area contributed by atoms with E-state index in [9.17, 15) is 9.59 Å². The number of aromatic nitrogens is 2. The molecular formula is C29H37IN4O4S2. The molecule has 216 valence electrons. The van der Waals surface area contributed by atoms with Gasteiger partial charge in [0.2, 0.25) is 6.19 Å². The van der Waals surface area contributed by atoms with Crippen molar-refractivity contribution >= 4 is 55.0 Å². The Balaban J connectivity index is 0.000000304. The number of pyridine rings is 2. The van der Waals surface area contributed by atoms with Gasteiger partial charge in [-0.3, -0.25) is 9.97 Å². The molecule has 40 heavy (non-hydrogen) atoms. The predicted octanol–water partition coefficient (Wildman–Crippen LogP) is 7.50. The molecule has 0 N–H and O–H groups in total. The Hall–Kier alpha value is -2.82. The molecular weight excluding hydrogens is 659 g/mol. The van der Waals surface area contributed by atoms with Gasteiger partial charge in [-0.05, 0) is 63.5 Å². The number of aryl methyl sites for hydroxylation is 2. The number of hydrogen-bond acceptors (Lipinski definition) is 9. The van der Waals surface area contributed by atoms with Crippen molar-refractivity contribution in [1.82, 2.24) is 9.97 Å². The van der Waals surface area contributed by atoms with E-state index < -0.39 is 32.6 Å². The third-order valence-corrected chi connectivity index (χ3v) is 11.5. The van der Waals surface area contributed by atoms with E-state index in [4.69, 9.17) is 11.4 Å². The Labute approximate surface area is 252 Å². The number of carbonyl (C=O) groups excluding carboxylic acids is 2. The van der Waals surface area contributed by atoms with E-state index in [1.54, 1.807) is 12.1 Å². The molecule has 0 aliphatic rings. The van der Waals surface area contributed by atoms with Crippen LogP contribution in [0.1, 0.15) is 60.7 Å². The van der Waals surface area contributed by atoms with Gasteiger partial charge in [0, 0.05) is 34.3 Å². The van der Waals surface area contributed by atoms with Crippen molar-refractivity contribution in [3.05, 3.63) is 93.1 Å². The Bertz CT molecular complexity index is 1250. The molecule has 0 amide bonds. The summed E-state index contributed by atoms with van der Waals surface area (Å²) < 4.78 is 14.7. The molecule has 2 aromatic heterocycles. The largest absolute Gasteiger partial charge is 0.261 e. The minimum atomic E-state index is -2.59. The van der Waals surface area contributed by atoms with Gasteiger partial charge in [-0.1, -0.05) is 22.8 Å². The zero-order chi connectivity index (χ0) is 30.1. The maximum absolute atomic E-state index is 10.8. The molecule has 3 unspecified atom stereocenters. The van der Waals surface area contributed by atoms with Gasteiger partial charge in [0.15, 0.2) is 0 Å². The molecule has 0 aliphatic carbocycles. The minimum absolute atomic E-state index is 0.248. The van der Waals surface area contributed by atoms with Crippen LogP contribution in [0.5, 0.6) is 0 Å². The van der Waals surface area contributed by atoms with E-state index in [0.29, 0.717) is 5.25 Å². The Kier molecular flexibility index (Phi) is 17.0. The quantitative estimate of drug-likeness (QED) is 0.184. The zero-order valence-electron chi connectivity index (χ0n) is 24.1. The maximum atomic E-state index is 10.8. The van der Waals surface area contributed by atoms with E-state index in [1.165, 1.54) is 19.4 Å². The normalized spacial score (nSPS) is 12.6. The number of rotatable bonds is 7. The first-order valence-electron chi connectivity index (χ1n) is 12.2. The molecule has 0 spiro atoms. The van der Waals surface area contributed by atoms with Crippen LogP contribution >= 0.6 is 32.4 Å². The van der Waals surface area contributed by atoms with Gasteiger partial charge in [0.05, 0.1) is 0 Å². The van der Waals surface area contributed by atoms with Crippen LogP contribution in [0.4, 0.5) is 0 Å². The number of carbonyl (C=O) groups is 2. The number of hydrogen-bond donors (Lipinski definition) is 0. The van der Waals surface area contributed by atoms with E-state index in [1.807, 2.05) is 80.8 Å². The summed E-state index contributed by atoms with van der Waals surface area (Å²) in [5.41, 5.74) is 4.54. The average Bonchev–Trinajstić information content (AvgIpc) is 2.93. The summed E-state index contributed by atoms with van der Waals surface area (Å²) >= 11 is -0.749. The van der Waals surface area contributed by atoms with Crippen molar-refractivity contribution in [3.63, 3.8) is 0 Å². The molecule has 8 nitrogen and oxygen atoms in total. The van der Waals surface area contributed by atoms with Crippen LogP contribution in [0.3, 0.4) is 0 Å². The van der Waals surface area contributed by atoms with Crippen molar-refractivity contribution < 1.29 is 15.7 Å². The van der Waals surface area contributed by atoms with Crippen LogP contribution in [0.2, 0.25) is 0 Å².